The number of halogens is 1. The fraction of sp³-hybridized carbons (Fsp3) is 0.700. The maximum atomic E-state index is 13.2. The lowest BCUT2D eigenvalue weighted by molar-refractivity contribution is 0.277. The van der Waals surface area contributed by atoms with Crippen LogP contribution in [0, 0.1) is 0 Å². The maximum Gasteiger partial charge on any atom is 0.122 e. The lowest BCUT2D eigenvalue weighted by Crippen LogP contribution is -2.33. The predicted molar refractivity (Wildman–Crippen MR) is 52.6 cm³/mol. The van der Waals surface area contributed by atoms with Crippen LogP contribution in [0.25, 0.3) is 0 Å². The van der Waals surface area contributed by atoms with Crippen LogP contribution in [0.5, 0.6) is 0 Å². The van der Waals surface area contributed by atoms with Crippen LogP contribution in [0.15, 0.2) is 12.4 Å². The van der Waals surface area contributed by atoms with E-state index < -0.39 is 6.17 Å². The van der Waals surface area contributed by atoms with Crippen molar-refractivity contribution in [2.24, 2.45) is 7.05 Å². The van der Waals surface area contributed by atoms with Crippen molar-refractivity contribution in [2.45, 2.75) is 38.0 Å². The van der Waals surface area contributed by atoms with Gasteiger partial charge in [0.2, 0.25) is 0 Å². The standard InChI is InChI=1S/C10H16FN3/c1-14-6-5-12-10(14)7-13-9-4-2-3-8(9)11/h5-6,8-9,13H,2-4,7H2,1H3/t8-,9+/m1/s1. The number of nitrogens with zero attached hydrogens (tertiary/aromatic N) is 2. The molecule has 1 aromatic rings. The third-order valence-electron chi connectivity index (χ3n) is 2.87. The first-order chi connectivity index (χ1) is 6.77. The van der Waals surface area contributed by atoms with Crippen molar-refractivity contribution in [3.8, 4) is 0 Å². The van der Waals surface area contributed by atoms with E-state index in [1.807, 2.05) is 17.8 Å². The Morgan fingerprint density at radius 3 is 3.07 bits per heavy atom. The van der Waals surface area contributed by atoms with Crippen LogP contribution in [-0.2, 0) is 13.6 Å². The minimum atomic E-state index is -0.671. The normalized spacial score (nSPS) is 27.0. The molecule has 0 aliphatic heterocycles. The zero-order chi connectivity index (χ0) is 9.97. The van der Waals surface area contributed by atoms with Crippen molar-refractivity contribution in [1.29, 1.82) is 0 Å². The van der Waals surface area contributed by atoms with E-state index in [2.05, 4.69) is 10.3 Å². The zero-order valence-corrected chi connectivity index (χ0v) is 8.41. The molecule has 1 aliphatic rings. The number of imidazole rings is 1. The van der Waals surface area contributed by atoms with Gasteiger partial charge in [0.05, 0.1) is 6.54 Å². The molecule has 0 aromatic carbocycles. The summed E-state index contributed by atoms with van der Waals surface area (Å²) in [6.07, 6.45) is 5.65. The van der Waals surface area contributed by atoms with Gasteiger partial charge in [-0.2, -0.15) is 0 Å². The molecule has 78 valence electrons. The number of rotatable bonds is 3. The van der Waals surface area contributed by atoms with Gasteiger partial charge in [-0.3, -0.25) is 0 Å². The van der Waals surface area contributed by atoms with Gasteiger partial charge in [0, 0.05) is 25.5 Å². The molecule has 1 N–H and O–H groups in total. The van der Waals surface area contributed by atoms with Crippen molar-refractivity contribution < 1.29 is 4.39 Å². The summed E-state index contributed by atoms with van der Waals surface area (Å²) in [7, 11) is 1.95. The molecule has 0 spiro atoms. The molecule has 0 unspecified atom stereocenters. The second kappa shape index (κ2) is 4.09. The summed E-state index contributed by atoms with van der Waals surface area (Å²) < 4.78 is 15.2. The Morgan fingerprint density at radius 2 is 2.50 bits per heavy atom. The summed E-state index contributed by atoms with van der Waals surface area (Å²) >= 11 is 0. The van der Waals surface area contributed by atoms with Crippen LogP contribution in [0.4, 0.5) is 4.39 Å². The zero-order valence-electron chi connectivity index (χ0n) is 8.41. The molecule has 0 saturated heterocycles. The molecule has 0 amide bonds. The predicted octanol–water partition coefficient (Wildman–Crippen LogP) is 1.40. The van der Waals surface area contributed by atoms with Crippen molar-refractivity contribution in [2.75, 3.05) is 0 Å². The average molecular weight is 197 g/mol. The van der Waals surface area contributed by atoms with E-state index in [1.54, 1.807) is 6.20 Å². The van der Waals surface area contributed by atoms with Gasteiger partial charge >= 0.3 is 0 Å². The fourth-order valence-electron chi connectivity index (χ4n) is 1.93. The highest BCUT2D eigenvalue weighted by Gasteiger charge is 2.26. The SMILES string of the molecule is Cn1ccnc1CN[C@H]1CCC[C@H]1F. The van der Waals surface area contributed by atoms with E-state index in [1.165, 1.54) is 0 Å². The van der Waals surface area contributed by atoms with Gasteiger partial charge in [-0.1, -0.05) is 0 Å². The van der Waals surface area contributed by atoms with E-state index in [9.17, 15) is 4.39 Å². The van der Waals surface area contributed by atoms with Gasteiger partial charge in [-0.15, -0.1) is 0 Å². The lowest BCUT2D eigenvalue weighted by atomic mass is 10.2. The lowest BCUT2D eigenvalue weighted by Gasteiger charge is -2.14. The van der Waals surface area contributed by atoms with Crippen LogP contribution in [-0.4, -0.2) is 21.8 Å². The average Bonchev–Trinajstić information content (AvgIpc) is 2.72. The maximum absolute atomic E-state index is 13.2. The van der Waals surface area contributed by atoms with Crippen molar-refractivity contribution >= 4 is 0 Å². The molecular formula is C10H16FN3. The monoisotopic (exact) mass is 197 g/mol. The van der Waals surface area contributed by atoms with Crippen LogP contribution < -0.4 is 5.32 Å². The van der Waals surface area contributed by atoms with Crippen LogP contribution >= 0.6 is 0 Å². The van der Waals surface area contributed by atoms with Crippen LogP contribution in [0.2, 0.25) is 0 Å². The summed E-state index contributed by atoms with van der Waals surface area (Å²) in [5, 5.41) is 3.22. The quantitative estimate of drug-likeness (QED) is 0.793. The molecule has 14 heavy (non-hydrogen) atoms. The Hall–Kier alpha value is -0.900. The van der Waals surface area contributed by atoms with Crippen molar-refractivity contribution in [1.82, 2.24) is 14.9 Å². The highest BCUT2D eigenvalue weighted by Crippen LogP contribution is 2.21. The smallest absolute Gasteiger partial charge is 0.122 e. The summed E-state index contributed by atoms with van der Waals surface area (Å²) in [4.78, 5) is 4.18. The first kappa shape index (κ1) is 9.65. The molecule has 2 rings (SSSR count). The van der Waals surface area contributed by atoms with Gasteiger partial charge in [-0.25, -0.2) is 9.37 Å². The van der Waals surface area contributed by atoms with E-state index in [0.717, 1.165) is 18.7 Å². The summed E-state index contributed by atoms with van der Waals surface area (Å²) in [6, 6.07) is 0.0340. The van der Waals surface area contributed by atoms with Gasteiger partial charge in [0.15, 0.2) is 0 Å². The Balaban J connectivity index is 1.85. The Kier molecular flexibility index (Phi) is 2.82. The molecule has 1 fully saturated rings. The number of aryl methyl sites for hydroxylation is 1. The molecule has 1 aliphatic carbocycles. The first-order valence-electron chi connectivity index (χ1n) is 5.11. The van der Waals surface area contributed by atoms with E-state index in [4.69, 9.17) is 0 Å². The van der Waals surface area contributed by atoms with Crippen molar-refractivity contribution in [3.63, 3.8) is 0 Å². The highest BCUT2D eigenvalue weighted by atomic mass is 19.1. The molecule has 4 heteroatoms. The third-order valence-corrected chi connectivity index (χ3v) is 2.87. The minimum absolute atomic E-state index is 0.0340. The third kappa shape index (κ3) is 1.95. The number of hydrogen-bond acceptors (Lipinski definition) is 2. The molecular weight excluding hydrogens is 181 g/mol. The fourth-order valence-corrected chi connectivity index (χ4v) is 1.93. The summed E-state index contributed by atoms with van der Waals surface area (Å²) in [5.41, 5.74) is 0. The van der Waals surface area contributed by atoms with Crippen molar-refractivity contribution in [3.05, 3.63) is 18.2 Å². The Morgan fingerprint density at radius 1 is 1.64 bits per heavy atom. The van der Waals surface area contributed by atoms with E-state index >= 15 is 0 Å². The largest absolute Gasteiger partial charge is 0.337 e. The first-order valence-corrected chi connectivity index (χ1v) is 5.11. The summed E-state index contributed by atoms with van der Waals surface area (Å²) in [5.74, 6) is 0.962. The number of nitrogens with one attached hydrogen (secondary N) is 1. The molecule has 0 radical (unpaired) electrons. The summed E-state index contributed by atoms with van der Waals surface area (Å²) in [6.45, 7) is 0.661. The topological polar surface area (TPSA) is 29.9 Å². The van der Waals surface area contributed by atoms with Gasteiger partial charge in [0.25, 0.3) is 0 Å². The molecule has 1 heterocycles. The highest BCUT2D eigenvalue weighted by molar-refractivity contribution is 4.92. The second-order valence-electron chi connectivity index (χ2n) is 3.89. The molecule has 3 nitrogen and oxygen atoms in total. The molecule has 1 saturated carbocycles. The minimum Gasteiger partial charge on any atom is -0.337 e. The van der Waals surface area contributed by atoms with E-state index in [-0.39, 0.29) is 6.04 Å². The second-order valence-corrected chi connectivity index (χ2v) is 3.89. The van der Waals surface area contributed by atoms with E-state index in [0.29, 0.717) is 13.0 Å². The van der Waals surface area contributed by atoms with Gasteiger partial charge < -0.3 is 9.88 Å². The van der Waals surface area contributed by atoms with Crippen LogP contribution in [0.1, 0.15) is 25.1 Å². The van der Waals surface area contributed by atoms with Gasteiger partial charge in [0.1, 0.15) is 12.0 Å². The molecule has 0 bridgehead atoms. The van der Waals surface area contributed by atoms with Crippen LogP contribution in [0.3, 0.4) is 0 Å². The Bertz CT molecular complexity index is 297. The number of aromatic nitrogens is 2. The Labute approximate surface area is 83.3 Å². The molecule has 2 atom stereocenters. The van der Waals surface area contributed by atoms with Gasteiger partial charge in [-0.05, 0) is 19.3 Å². The molecule has 1 aromatic heterocycles. The number of hydrogen-bond donors (Lipinski definition) is 1. The number of alkyl halides is 1.